The normalized spacial score (nSPS) is 9.17. The lowest BCUT2D eigenvalue weighted by Crippen LogP contribution is -2.18. The number of hydrogen-bond acceptors (Lipinski definition) is 4. The van der Waals surface area contributed by atoms with Gasteiger partial charge in [0.2, 0.25) is 0 Å². The molecule has 2 amide bonds. The second-order valence-electron chi connectivity index (χ2n) is 1.35. The predicted molar refractivity (Wildman–Crippen MR) is 38.8 cm³/mol. The fourth-order valence-electron chi connectivity index (χ4n) is 0.128. The van der Waals surface area contributed by atoms with Crippen molar-refractivity contribution in [2.24, 2.45) is 17.2 Å². The molecular formula is C2H9N4O5P. The molecule has 9 N–H and O–H groups in total. The van der Waals surface area contributed by atoms with Crippen LogP contribution in [0.25, 0.3) is 0 Å². The molecule has 0 heterocycles. The van der Waals surface area contributed by atoms with Crippen molar-refractivity contribution in [2.45, 2.75) is 0 Å². The zero-order valence-electron chi connectivity index (χ0n) is 5.80. The predicted octanol–water partition coefficient (Wildman–Crippen LogP) is -1.99. The maximum absolute atomic E-state index is 9.69. The molecule has 0 aliphatic carbocycles. The summed E-state index contributed by atoms with van der Waals surface area (Å²) in [5.74, 6) is 0. The van der Waals surface area contributed by atoms with Crippen LogP contribution in [0.15, 0.2) is 0 Å². The molecule has 0 aliphatic heterocycles. The molecule has 9 nitrogen and oxygen atoms in total. The van der Waals surface area contributed by atoms with Crippen LogP contribution in [0.1, 0.15) is 0 Å². The minimum Gasteiger partial charge on any atom is -0.371 e. The van der Waals surface area contributed by atoms with Crippen LogP contribution in [-0.2, 0) is 9.09 Å². The van der Waals surface area contributed by atoms with Crippen LogP contribution < -0.4 is 17.2 Å². The molecule has 0 spiro atoms. The van der Waals surface area contributed by atoms with Crippen LogP contribution >= 0.6 is 7.82 Å². The summed E-state index contributed by atoms with van der Waals surface area (Å²) in [6.45, 7) is 0. The number of primary amides is 2. The van der Waals surface area contributed by atoms with E-state index < -0.39 is 19.9 Å². The van der Waals surface area contributed by atoms with Crippen LogP contribution in [-0.4, -0.2) is 21.8 Å². The van der Waals surface area contributed by atoms with Crippen LogP contribution in [0.4, 0.5) is 4.79 Å². The van der Waals surface area contributed by atoms with Gasteiger partial charge in [-0.2, -0.15) is 0 Å². The Kier molecular flexibility index (Phi) is 5.93. The van der Waals surface area contributed by atoms with E-state index in [1.54, 1.807) is 0 Å². The van der Waals surface area contributed by atoms with E-state index in [-0.39, 0.29) is 0 Å². The molecule has 0 aromatic heterocycles. The minimum absolute atomic E-state index is 0.833. The summed E-state index contributed by atoms with van der Waals surface area (Å²) in [5.41, 5.74) is 12.9. The Labute approximate surface area is 67.2 Å². The molecule has 0 atom stereocenters. The van der Waals surface area contributed by atoms with Crippen molar-refractivity contribution in [3.05, 3.63) is 0 Å². The fourth-order valence-corrected chi connectivity index (χ4v) is 0.384. The summed E-state index contributed by atoms with van der Waals surface area (Å²) < 4.78 is 13.2. The molecule has 0 aliphatic rings. The Balaban J connectivity index is 0. The summed E-state index contributed by atoms with van der Waals surface area (Å²) >= 11 is 0. The van der Waals surface area contributed by atoms with Gasteiger partial charge in [-0.15, -0.1) is 0 Å². The van der Waals surface area contributed by atoms with Crippen molar-refractivity contribution in [3.63, 3.8) is 0 Å². The lowest BCUT2D eigenvalue weighted by Gasteiger charge is -2.00. The highest BCUT2D eigenvalue weighted by Crippen LogP contribution is 2.34. The van der Waals surface area contributed by atoms with Crippen LogP contribution in [0.2, 0.25) is 0 Å². The number of rotatable bonds is 1. The largest absolute Gasteiger partial charge is 0.527 e. The van der Waals surface area contributed by atoms with Crippen molar-refractivity contribution in [3.8, 4) is 0 Å². The van der Waals surface area contributed by atoms with Gasteiger partial charge in [0.05, 0.1) is 0 Å². The van der Waals surface area contributed by atoms with Gasteiger partial charge >= 0.3 is 13.9 Å². The van der Waals surface area contributed by atoms with Gasteiger partial charge in [0.1, 0.15) is 0 Å². The highest BCUT2D eigenvalue weighted by Gasteiger charge is 2.15. The number of amides is 2. The smallest absolute Gasteiger partial charge is 0.371 e. The molecule has 0 aromatic rings. The number of phosphoric ester groups is 1. The Morgan fingerprint density at radius 3 is 1.58 bits per heavy atom. The number of nitrogens with two attached hydrogens (primary N) is 3. The van der Waals surface area contributed by atoms with Gasteiger partial charge in [0.25, 0.3) is 6.02 Å². The van der Waals surface area contributed by atoms with E-state index in [1.165, 1.54) is 0 Å². The number of urea groups is 1. The number of phosphoric acid groups is 1. The van der Waals surface area contributed by atoms with Crippen LogP contribution in [0, 0.1) is 5.41 Å². The summed E-state index contributed by atoms with van der Waals surface area (Å²) in [7, 11) is -4.57. The summed E-state index contributed by atoms with van der Waals surface area (Å²) in [6.07, 6.45) is 0. The SMILES string of the molecule is N=C(N)OP(=O)(O)O.NC(N)=O. The lowest BCUT2D eigenvalue weighted by atomic mass is 11.2. The molecule has 0 fully saturated rings. The molecule has 0 saturated carbocycles. The van der Waals surface area contributed by atoms with E-state index >= 15 is 0 Å². The molecule has 0 unspecified atom stereocenters. The first-order valence-corrected chi connectivity index (χ1v) is 3.82. The van der Waals surface area contributed by atoms with Crippen molar-refractivity contribution in [1.29, 1.82) is 5.41 Å². The van der Waals surface area contributed by atoms with Gasteiger partial charge in [0.15, 0.2) is 0 Å². The van der Waals surface area contributed by atoms with Crippen molar-refractivity contribution in [2.75, 3.05) is 0 Å². The summed E-state index contributed by atoms with van der Waals surface area (Å²) in [5, 5.41) is 6.21. The number of carbonyl (C=O) groups is 1. The first-order valence-electron chi connectivity index (χ1n) is 2.29. The van der Waals surface area contributed by atoms with Gasteiger partial charge < -0.3 is 21.7 Å². The Hall–Kier alpha value is -1.31. The third-order valence-corrected chi connectivity index (χ3v) is 0.652. The van der Waals surface area contributed by atoms with E-state index in [9.17, 15) is 4.57 Å². The van der Waals surface area contributed by atoms with Crippen molar-refractivity contribution >= 4 is 19.9 Å². The molecule has 0 bridgehead atoms. The number of nitrogens with one attached hydrogen (secondary N) is 1. The Morgan fingerprint density at radius 2 is 1.58 bits per heavy atom. The molecule has 0 aromatic carbocycles. The standard InChI is InChI=1S/CH5N2O4P.CH4N2O/c2-1(3)7-8(4,5)6;2-1(3)4/h(H3,2,3)(H2,4,5,6);(H4,2,3,4). The molecule has 0 radical (unpaired) electrons. The van der Waals surface area contributed by atoms with Gasteiger partial charge in [-0.25, -0.2) is 9.36 Å². The zero-order chi connectivity index (χ0) is 10.4. The molecule has 10 heteroatoms. The first kappa shape index (κ1) is 13.3. The average molecular weight is 200 g/mol. The second kappa shape index (κ2) is 5.35. The fraction of sp³-hybridized carbons (Fsp3) is 0. The maximum Gasteiger partial charge on any atom is 0.527 e. The lowest BCUT2D eigenvalue weighted by molar-refractivity contribution is 0.256. The quantitative estimate of drug-likeness (QED) is 0.161. The highest BCUT2D eigenvalue weighted by molar-refractivity contribution is 7.46. The van der Waals surface area contributed by atoms with Crippen LogP contribution in [0.5, 0.6) is 0 Å². The Morgan fingerprint density at radius 1 is 1.33 bits per heavy atom. The molecular weight excluding hydrogens is 191 g/mol. The summed E-state index contributed by atoms with van der Waals surface area (Å²) in [4.78, 5) is 24.7. The number of hydrogen-bond donors (Lipinski definition) is 6. The van der Waals surface area contributed by atoms with Gasteiger partial charge in [-0.3, -0.25) is 15.2 Å². The number of carbonyl (C=O) groups excluding carboxylic acids is 1. The molecule has 0 saturated heterocycles. The zero-order valence-corrected chi connectivity index (χ0v) is 6.69. The van der Waals surface area contributed by atoms with Gasteiger partial charge in [0, 0.05) is 0 Å². The average Bonchev–Trinajstić information content (AvgIpc) is 1.52. The summed E-state index contributed by atoms with van der Waals surface area (Å²) in [6, 6.07) is -1.82. The van der Waals surface area contributed by atoms with Gasteiger partial charge in [-0.1, -0.05) is 0 Å². The monoisotopic (exact) mass is 200 g/mol. The third-order valence-electron chi connectivity index (χ3n) is 0.217. The molecule has 72 valence electrons. The maximum atomic E-state index is 9.69. The van der Waals surface area contributed by atoms with E-state index in [4.69, 9.17) is 20.0 Å². The van der Waals surface area contributed by atoms with Crippen LogP contribution in [0.3, 0.4) is 0 Å². The van der Waals surface area contributed by atoms with Gasteiger partial charge in [-0.05, 0) is 0 Å². The van der Waals surface area contributed by atoms with Crippen molar-refractivity contribution in [1.82, 2.24) is 0 Å². The molecule has 0 rings (SSSR count). The van der Waals surface area contributed by atoms with E-state index in [1.807, 2.05) is 0 Å². The molecule has 12 heavy (non-hydrogen) atoms. The first-order chi connectivity index (χ1) is 5.15. The third kappa shape index (κ3) is 37.7. The Bertz CT molecular complexity index is 205. The van der Waals surface area contributed by atoms with Crippen molar-refractivity contribution < 1.29 is 23.7 Å². The van der Waals surface area contributed by atoms with E-state index in [0.29, 0.717) is 0 Å². The van der Waals surface area contributed by atoms with E-state index in [0.717, 1.165) is 0 Å². The topological polar surface area (TPSA) is 186 Å². The highest BCUT2D eigenvalue weighted by atomic mass is 31.2. The minimum atomic E-state index is -4.57. The second-order valence-corrected chi connectivity index (χ2v) is 2.51. The number of amidine groups is 1. The van der Waals surface area contributed by atoms with E-state index in [2.05, 4.69) is 21.7 Å².